The fourth-order valence-electron chi connectivity index (χ4n) is 0.609. The first kappa shape index (κ1) is 12.5. The highest BCUT2D eigenvalue weighted by atomic mass is 32.1. The van der Waals surface area contributed by atoms with Crippen molar-refractivity contribution in [1.82, 2.24) is 0 Å². The highest BCUT2D eigenvalue weighted by Crippen LogP contribution is 2.01. The van der Waals surface area contributed by atoms with E-state index in [-0.39, 0.29) is 13.5 Å². The second-order valence-corrected chi connectivity index (χ2v) is 2.57. The minimum atomic E-state index is -0.913. The maximum Gasteiger partial charge on any atom is 0.320 e. The van der Waals surface area contributed by atoms with Gasteiger partial charge < -0.3 is 10.8 Å². The third-order valence-corrected chi connectivity index (χ3v) is 1.04. The number of carbonyl (C=O) groups is 1. The smallest absolute Gasteiger partial charge is 0.320 e. The fourth-order valence-corrected chi connectivity index (χ4v) is 0.609. The summed E-state index contributed by atoms with van der Waals surface area (Å²) < 4.78 is 0. The van der Waals surface area contributed by atoms with Gasteiger partial charge in [-0.05, 0) is 12.3 Å². The minimum Gasteiger partial charge on any atom is -0.480 e. The molecule has 0 aliphatic carbocycles. The van der Waals surface area contributed by atoms with Gasteiger partial charge in [0.25, 0.3) is 0 Å². The summed E-state index contributed by atoms with van der Waals surface area (Å²) in [5.41, 5.74) is 5.22. The Balaban J connectivity index is 0. The van der Waals surface area contributed by atoms with Gasteiger partial charge in [0.1, 0.15) is 6.04 Å². The molecule has 0 aromatic rings. The molecule has 0 aromatic heterocycles. The normalized spacial score (nSPS) is 12.4. The Hall–Kier alpha value is -0.220. The topological polar surface area (TPSA) is 63.3 Å². The Kier molecular flexibility index (Phi) is 6.92. The van der Waals surface area contributed by atoms with Gasteiger partial charge in [0, 0.05) is 0 Å². The molecule has 1 unspecified atom stereocenters. The standard InChI is InChI=1S/C6H13NO2.H2S/c1-4(2)3-5(7)6(8)9;/h4-5H,3,7H2,1-2H3,(H,8,9);1H2. The SMILES string of the molecule is CC(C)CC(N)C(=O)O.S. The van der Waals surface area contributed by atoms with Crippen LogP contribution in [-0.4, -0.2) is 17.1 Å². The summed E-state index contributed by atoms with van der Waals surface area (Å²) in [6.07, 6.45) is 0.551. The molecule has 3 nitrogen and oxygen atoms in total. The number of hydrogen-bond acceptors (Lipinski definition) is 2. The predicted molar refractivity (Wildman–Crippen MR) is 45.4 cm³/mol. The first-order valence-corrected chi connectivity index (χ1v) is 3.02. The molecule has 4 heteroatoms. The summed E-state index contributed by atoms with van der Waals surface area (Å²) in [6.45, 7) is 3.89. The third-order valence-electron chi connectivity index (χ3n) is 1.04. The third kappa shape index (κ3) is 5.91. The van der Waals surface area contributed by atoms with Gasteiger partial charge in [0.2, 0.25) is 0 Å². The van der Waals surface area contributed by atoms with Crippen LogP contribution in [0.1, 0.15) is 20.3 Å². The van der Waals surface area contributed by atoms with E-state index < -0.39 is 12.0 Å². The monoisotopic (exact) mass is 165 g/mol. The lowest BCUT2D eigenvalue weighted by molar-refractivity contribution is -0.138. The van der Waals surface area contributed by atoms with Crippen LogP contribution in [-0.2, 0) is 4.79 Å². The van der Waals surface area contributed by atoms with Crippen molar-refractivity contribution in [3.63, 3.8) is 0 Å². The van der Waals surface area contributed by atoms with E-state index in [0.29, 0.717) is 12.3 Å². The average Bonchev–Trinajstić information content (AvgIpc) is 1.63. The highest BCUT2D eigenvalue weighted by Gasteiger charge is 2.11. The molecule has 0 saturated carbocycles. The van der Waals surface area contributed by atoms with Crippen LogP contribution in [0.4, 0.5) is 0 Å². The van der Waals surface area contributed by atoms with Crippen molar-refractivity contribution < 1.29 is 9.90 Å². The molecule has 3 N–H and O–H groups in total. The van der Waals surface area contributed by atoms with Gasteiger partial charge in [0.05, 0.1) is 0 Å². The van der Waals surface area contributed by atoms with Gasteiger partial charge in [-0.3, -0.25) is 4.79 Å². The number of aliphatic carboxylic acids is 1. The Labute approximate surface area is 68.1 Å². The Bertz CT molecular complexity index is 106. The second-order valence-electron chi connectivity index (χ2n) is 2.57. The van der Waals surface area contributed by atoms with Gasteiger partial charge in [-0.2, -0.15) is 13.5 Å². The summed E-state index contributed by atoms with van der Waals surface area (Å²) in [7, 11) is 0. The van der Waals surface area contributed by atoms with E-state index in [1.807, 2.05) is 13.8 Å². The van der Waals surface area contributed by atoms with Gasteiger partial charge in [0.15, 0.2) is 0 Å². The largest absolute Gasteiger partial charge is 0.480 e. The van der Waals surface area contributed by atoms with Crippen molar-refractivity contribution in [3.05, 3.63) is 0 Å². The Morgan fingerprint density at radius 1 is 1.60 bits per heavy atom. The van der Waals surface area contributed by atoms with Crippen molar-refractivity contribution in [2.24, 2.45) is 11.7 Å². The summed E-state index contributed by atoms with van der Waals surface area (Å²) in [4.78, 5) is 10.1. The number of carboxylic acid groups (broad SMARTS) is 1. The van der Waals surface area contributed by atoms with Crippen LogP contribution < -0.4 is 5.73 Å². The van der Waals surface area contributed by atoms with E-state index in [4.69, 9.17) is 10.8 Å². The number of rotatable bonds is 3. The van der Waals surface area contributed by atoms with E-state index in [0.717, 1.165) is 0 Å². The predicted octanol–water partition coefficient (Wildman–Crippen LogP) is 0.557. The maximum absolute atomic E-state index is 10.1. The maximum atomic E-state index is 10.1. The van der Waals surface area contributed by atoms with Crippen LogP contribution in [0.5, 0.6) is 0 Å². The lowest BCUT2D eigenvalue weighted by Crippen LogP contribution is -2.31. The summed E-state index contributed by atoms with van der Waals surface area (Å²) in [5, 5.41) is 8.31. The number of nitrogens with two attached hydrogens (primary N) is 1. The quantitative estimate of drug-likeness (QED) is 0.642. The second kappa shape index (κ2) is 5.56. The zero-order valence-electron chi connectivity index (χ0n) is 6.29. The van der Waals surface area contributed by atoms with Gasteiger partial charge in [-0.15, -0.1) is 0 Å². The van der Waals surface area contributed by atoms with Crippen molar-refractivity contribution in [1.29, 1.82) is 0 Å². The molecule has 0 bridgehead atoms. The first-order chi connectivity index (χ1) is 4.04. The summed E-state index contributed by atoms with van der Waals surface area (Å²) >= 11 is 0. The van der Waals surface area contributed by atoms with E-state index >= 15 is 0 Å². The zero-order valence-corrected chi connectivity index (χ0v) is 7.29. The molecule has 0 amide bonds. The van der Waals surface area contributed by atoms with Crippen LogP contribution in [0, 0.1) is 5.92 Å². The van der Waals surface area contributed by atoms with Crippen molar-refractivity contribution in [2.45, 2.75) is 26.3 Å². The van der Waals surface area contributed by atoms with Crippen LogP contribution in [0.25, 0.3) is 0 Å². The summed E-state index contributed by atoms with van der Waals surface area (Å²) in [5.74, 6) is -0.556. The molecule has 0 aliphatic heterocycles. The summed E-state index contributed by atoms with van der Waals surface area (Å²) in [6, 6.07) is -0.690. The highest BCUT2D eigenvalue weighted by molar-refractivity contribution is 7.59. The van der Waals surface area contributed by atoms with Crippen LogP contribution >= 0.6 is 13.5 Å². The fraction of sp³-hybridized carbons (Fsp3) is 0.833. The molecule has 10 heavy (non-hydrogen) atoms. The van der Waals surface area contributed by atoms with Crippen molar-refractivity contribution >= 4 is 19.5 Å². The molecule has 0 aliphatic rings. The van der Waals surface area contributed by atoms with Crippen LogP contribution in [0.3, 0.4) is 0 Å². The van der Waals surface area contributed by atoms with Crippen LogP contribution in [0.2, 0.25) is 0 Å². The molecule has 1 atom stereocenters. The lowest BCUT2D eigenvalue weighted by Gasteiger charge is -2.07. The van der Waals surface area contributed by atoms with Crippen LogP contribution in [0.15, 0.2) is 0 Å². The molecular formula is C6H15NO2S. The zero-order chi connectivity index (χ0) is 7.44. The van der Waals surface area contributed by atoms with Crippen molar-refractivity contribution in [3.8, 4) is 0 Å². The van der Waals surface area contributed by atoms with Crippen molar-refractivity contribution in [2.75, 3.05) is 0 Å². The number of hydrogen-bond donors (Lipinski definition) is 2. The minimum absolute atomic E-state index is 0. The molecule has 62 valence electrons. The van der Waals surface area contributed by atoms with Gasteiger partial charge in [-0.25, -0.2) is 0 Å². The molecule has 0 spiro atoms. The van der Waals surface area contributed by atoms with Gasteiger partial charge in [-0.1, -0.05) is 13.8 Å². The molecule has 0 heterocycles. The van der Waals surface area contributed by atoms with E-state index in [1.54, 1.807) is 0 Å². The molecule has 0 radical (unpaired) electrons. The Morgan fingerprint density at radius 2 is 2.00 bits per heavy atom. The van der Waals surface area contributed by atoms with Gasteiger partial charge >= 0.3 is 5.97 Å². The molecule has 0 aromatic carbocycles. The molecule has 0 rings (SSSR count). The molecule has 0 saturated heterocycles. The van der Waals surface area contributed by atoms with E-state index in [2.05, 4.69) is 0 Å². The lowest BCUT2D eigenvalue weighted by atomic mass is 10.1. The first-order valence-electron chi connectivity index (χ1n) is 3.02. The van der Waals surface area contributed by atoms with E-state index in [1.165, 1.54) is 0 Å². The molecular weight excluding hydrogens is 150 g/mol. The molecule has 0 fully saturated rings. The average molecular weight is 165 g/mol. The Morgan fingerprint density at radius 3 is 2.10 bits per heavy atom. The van der Waals surface area contributed by atoms with E-state index in [9.17, 15) is 4.79 Å². The number of carboxylic acids is 1.